The van der Waals surface area contributed by atoms with Gasteiger partial charge in [-0.3, -0.25) is 0 Å². The van der Waals surface area contributed by atoms with E-state index in [4.69, 9.17) is 12.2 Å². The summed E-state index contributed by atoms with van der Waals surface area (Å²) < 4.78 is 0. The molecule has 0 atom stereocenters. The van der Waals surface area contributed by atoms with Gasteiger partial charge < -0.3 is 10.6 Å². The molecular weight excluding hydrogens is 264 g/mol. The lowest BCUT2D eigenvalue weighted by atomic mass is 9.98. The molecule has 0 amide bonds. The summed E-state index contributed by atoms with van der Waals surface area (Å²) in [5.74, 6) is 0. The second kappa shape index (κ2) is 12.4. The normalized spacial score (nSPS) is 19.6. The van der Waals surface area contributed by atoms with Gasteiger partial charge in [0.05, 0.1) is 0 Å². The smallest absolute Gasteiger partial charge is 0.166 e. The summed E-state index contributed by atoms with van der Waals surface area (Å²) in [4.78, 5) is 0. The van der Waals surface area contributed by atoms with Gasteiger partial charge in [-0.05, 0) is 31.5 Å². The van der Waals surface area contributed by atoms with Crippen LogP contribution in [0.4, 0.5) is 0 Å². The second-order valence-corrected chi connectivity index (χ2v) is 6.62. The first-order valence-electron chi connectivity index (χ1n) is 8.87. The molecule has 1 rings (SSSR count). The summed E-state index contributed by atoms with van der Waals surface area (Å²) in [6.07, 6.45) is 17.7. The molecule has 1 aliphatic rings. The SMILES string of the molecule is CCCCNC(=S)NC1CCCCCCCCCCC1. The summed E-state index contributed by atoms with van der Waals surface area (Å²) in [6, 6.07) is 0.594. The summed E-state index contributed by atoms with van der Waals surface area (Å²) in [6.45, 7) is 3.22. The highest BCUT2D eigenvalue weighted by Crippen LogP contribution is 2.16. The molecule has 0 unspecified atom stereocenters. The van der Waals surface area contributed by atoms with Crippen molar-refractivity contribution >= 4 is 17.3 Å². The Kier molecular flexibility index (Phi) is 11.0. The third kappa shape index (κ3) is 9.57. The van der Waals surface area contributed by atoms with Crippen molar-refractivity contribution in [2.45, 2.75) is 96.4 Å². The minimum Gasteiger partial charge on any atom is -0.363 e. The van der Waals surface area contributed by atoms with Crippen molar-refractivity contribution < 1.29 is 0 Å². The fourth-order valence-corrected chi connectivity index (χ4v) is 3.19. The van der Waals surface area contributed by atoms with E-state index in [1.807, 2.05) is 0 Å². The van der Waals surface area contributed by atoms with Crippen LogP contribution in [0.5, 0.6) is 0 Å². The Morgan fingerprint density at radius 1 is 0.900 bits per heavy atom. The lowest BCUT2D eigenvalue weighted by Gasteiger charge is -2.21. The van der Waals surface area contributed by atoms with E-state index in [0.717, 1.165) is 11.7 Å². The maximum absolute atomic E-state index is 5.41. The number of hydrogen-bond acceptors (Lipinski definition) is 1. The van der Waals surface area contributed by atoms with E-state index in [1.165, 1.54) is 83.5 Å². The zero-order valence-electron chi connectivity index (χ0n) is 13.4. The van der Waals surface area contributed by atoms with Gasteiger partial charge in [-0.1, -0.05) is 71.1 Å². The summed E-state index contributed by atoms with van der Waals surface area (Å²) >= 11 is 5.41. The van der Waals surface area contributed by atoms with Crippen LogP contribution in [0.2, 0.25) is 0 Å². The maximum atomic E-state index is 5.41. The van der Waals surface area contributed by atoms with E-state index in [1.54, 1.807) is 0 Å². The fraction of sp³-hybridized carbons (Fsp3) is 0.941. The Balaban J connectivity index is 2.25. The second-order valence-electron chi connectivity index (χ2n) is 6.21. The van der Waals surface area contributed by atoms with Gasteiger partial charge in [0.25, 0.3) is 0 Å². The van der Waals surface area contributed by atoms with Crippen molar-refractivity contribution in [2.24, 2.45) is 0 Å². The minimum atomic E-state index is 0.594. The fourth-order valence-electron chi connectivity index (χ4n) is 2.92. The van der Waals surface area contributed by atoms with Crippen LogP contribution in [-0.4, -0.2) is 17.7 Å². The molecule has 0 bridgehead atoms. The molecule has 0 radical (unpaired) electrons. The molecule has 0 aromatic carbocycles. The molecule has 0 aromatic heterocycles. The molecule has 2 nitrogen and oxygen atoms in total. The number of thiocarbonyl (C=S) groups is 1. The highest BCUT2D eigenvalue weighted by molar-refractivity contribution is 7.80. The molecule has 2 N–H and O–H groups in total. The zero-order chi connectivity index (χ0) is 14.5. The molecule has 20 heavy (non-hydrogen) atoms. The monoisotopic (exact) mass is 298 g/mol. The molecule has 0 aliphatic heterocycles. The molecule has 0 aromatic rings. The maximum Gasteiger partial charge on any atom is 0.166 e. The Morgan fingerprint density at radius 3 is 1.90 bits per heavy atom. The van der Waals surface area contributed by atoms with Gasteiger partial charge >= 0.3 is 0 Å². The molecule has 1 fully saturated rings. The van der Waals surface area contributed by atoms with Gasteiger partial charge in [0.1, 0.15) is 0 Å². The van der Waals surface area contributed by atoms with Crippen LogP contribution < -0.4 is 10.6 Å². The van der Waals surface area contributed by atoms with Gasteiger partial charge in [0, 0.05) is 12.6 Å². The number of unbranched alkanes of at least 4 members (excludes halogenated alkanes) is 1. The van der Waals surface area contributed by atoms with Gasteiger partial charge in [-0.25, -0.2) is 0 Å². The van der Waals surface area contributed by atoms with Crippen LogP contribution in [0, 0.1) is 0 Å². The van der Waals surface area contributed by atoms with Gasteiger partial charge in [-0.2, -0.15) is 0 Å². The average Bonchev–Trinajstić information content (AvgIpc) is 2.42. The van der Waals surface area contributed by atoms with Crippen LogP contribution >= 0.6 is 12.2 Å². The standard InChI is InChI=1S/C17H34N2S/c1-2-3-15-18-17(20)19-16-13-11-9-7-5-4-6-8-10-12-14-16/h16H,2-15H2,1H3,(H2,18,19,20). The van der Waals surface area contributed by atoms with Crippen molar-refractivity contribution in [1.29, 1.82) is 0 Å². The van der Waals surface area contributed by atoms with Crippen molar-refractivity contribution in [3.05, 3.63) is 0 Å². The van der Waals surface area contributed by atoms with Crippen molar-refractivity contribution in [2.75, 3.05) is 6.54 Å². The Morgan fingerprint density at radius 2 is 1.40 bits per heavy atom. The lowest BCUT2D eigenvalue weighted by molar-refractivity contribution is 0.441. The Labute approximate surface area is 131 Å². The largest absolute Gasteiger partial charge is 0.363 e. The van der Waals surface area contributed by atoms with E-state index in [9.17, 15) is 0 Å². The van der Waals surface area contributed by atoms with Gasteiger partial charge in [0.2, 0.25) is 0 Å². The number of hydrogen-bond donors (Lipinski definition) is 2. The molecule has 0 heterocycles. The van der Waals surface area contributed by atoms with E-state index in [-0.39, 0.29) is 0 Å². The molecular formula is C17H34N2S. The van der Waals surface area contributed by atoms with E-state index >= 15 is 0 Å². The van der Waals surface area contributed by atoms with Crippen molar-refractivity contribution in [1.82, 2.24) is 10.6 Å². The number of rotatable bonds is 4. The lowest BCUT2D eigenvalue weighted by Crippen LogP contribution is -2.42. The van der Waals surface area contributed by atoms with Crippen LogP contribution in [0.25, 0.3) is 0 Å². The third-order valence-electron chi connectivity index (χ3n) is 4.26. The topological polar surface area (TPSA) is 24.1 Å². The van der Waals surface area contributed by atoms with Crippen LogP contribution in [-0.2, 0) is 0 Å². The zero-order valence-corrected chi connectivity index (χ0v) is 14.2. The summed E-state index contributed by atoms with van der Waals surface area (Å²) in [5.41, 5.74) is 0. The average molecular weight is 299 g/mol. The molecule has 1 aliphatic carbocycles. The molecule has 118 valence electrons. The highest BCUT2D eigenvalue weighted by atomic mass is 32.1. The minimum absolute atomic E-state index is 0.594. The van der Waals surface area contributed by atoms with E-state index in [2.05, 4.69) is 17.6 Å². The highest BCUT2D eigenvalue weighted by Gasteiger charge is 2.10. The first kappa shape index (κ1) is 17.7. The summed E-state index contributed by atoms with van der Waals surface area (Å²) in [7, 11) is 0. The predicted octanol–water partition coefficient (Wildman–Crippen LogP) is 4.92. The Hall–Kier alpha value is -0.310. The van der Waals surface area contributed by atoms with Crippen LogP contribution in [0.3, 0.4) is 0 Å². The quantitative estimate of drug-likeness (QED) is 0.569. The molecule has 0 saturated heterocycles. The van der Waals surface area contributed by atoms with Crippen molar-refractivity contribution in [3.63, 3.8) is 0 Å². The van der Waals surface area contributed by atoms with Crippen molar-refractivity contribution in [3.8, 4) is 0 Å². The molecule has 0 spiro atoms. The third-order valence-corrected chi connectivity index (χ3v) is 4.52. The van der Waals surface area contributed by atoms with E-state index < -0.39 is 0 Å². The number of nitrogens with one attached hydrogen (secondary N) is 2. The van der Waals surface area contributed by atoms with Gasteiger partial charge in [-0.15, -0.1) is 0 Å². The first-order valence-corrected chi connectivity index (χ1v) is 9.28. The predicted molar refractivity (Wildman–Crippen MR) is 93.2 cm³/mol. The van der Waals surface area contributed by atoms with Crippen LogP contribution in [0.15, 0.2) is 0 Å². The molecule has 1 saturated carbocycles. The molecule has 3 heteroatoms. The van der Waals surface area contributed by atoms with Gasteiger partial charge in [0.15, 0.2) is 5.11 Å². The van der Waals surface area contributed by atoms with Crippen LogP contribution in [0.1, 0.15) is 90.4 Å². The van der Waals surface area contributed by atoms with E-state index in [0.29, 0.717) is 6.04 Å². The Bertz CT molecular complexity index is 231. The summed E-state index contributed by atoms with van der Waals surface area (Å²) in [5, 5.41) is 7.76. The first-order chi connectivity index (χ1) is 9.83.